The van der Waals surface area contributed by atoms with Crippen LogP contribution in [0.2, 0.25) is 0 Å². The zero-order valence-electron chi connectivity index (χ0n) is 16.1. The Morgan fingerprint density at radius 3 is 2.54 bits per heavy atom. The quantitative estimate of drug-likeness (QED) is 0.640. The zero-order valence-corrected chi connectivity index (χ0v) is 16.1. The third kappa shape index (κ3) is 5.50. The summed E-state index contributed by atoms with van der Waals surface area (Å²) in [6.45, 7) is 2.26. The van der Waals surface area contributed by atoms with Crippen molar-refractivity contribution in [2.45, 2.75) is 44.6 Å². The molecule has 1 aliphatic rings. The predicted octanol–water partition coefficient (Wildman–Crippen LogP) is 4.73. The molecule has 0 unspecified atom stereocenters. The summed E-state index contributed by atoms with van der Waals surface area (Å²) in [6, 6.07) is 16.9. The monoisotopic (exact) mass is 353 g/mol. The van der Waals surface area contributed by atoms with Gasteiger partial charge in [-0.05, 0) is 74.9 Å². The van der Waals surface area contributed by atoms with E-state index in [1.807, 2.05) is 6.07 Å². The number of nitrogens with zero attached hydrogens (tertiary/aromatic N) is 1. The minimum atomic E-state index is 0.365. The fourth-order valence-corrected chi connectivity index (χ4v) is 3.58. The van der Waals surface area contributed by atoms with E-state index in [0.717, 1.165) is 50.3 Å². The molecule has 0 atom stereocenters. The Hall–Kier alpha value is -2.00. The first-order chi connectivity index (χ1) is 12.7. The minimum absolute atomic E-state index is 0.365. The van der Waals surface area contributed by atoms with Crippen LogP contribution in [0.4, 0.5) is 0 Å². The second kappa shape index (κ2) is 9.63. The van der Waals surface area contributed by atoms with Gasteiger partial charge in [0.2, 0.25) is 0 Å². The molecule has 1 fully saturated rings. The number of aryl methyl sites for hydroxylation is 2. The molecule has 26 heavy (non-hydrogen) atoms. The molecule has 3 nitrogen and oxygen atoms in total. The highest BCUT2D eigenvalue weighted by Gasteiger charge is 2.18. The lowest BCUT2D eigenvalue weighted by molar-refractivity contribution is 0.113. The van der Waals surface area contributed by atoms with E-state index in [1.54, 1.807) is 7.11 Å². The van der Waals surface area contributed by atoms with Gasteiger partial charge in [-0.2, -0.15) is 0 Å². The Bertz CT molecular complexity index is 677. The third-order valence-corrected chi connectivity index (χ3v) is 5.23. The van der Waals surface area contributed by atoms with Crippen molar-refractivity contribution >= 4 is 0 Å². The first-order valence-corrected chi connectivity index (χ1v) is 9.80. The molecule has 0 spiro atoms. The van der Waals surface area contributed by atoms with Crippen LogP contribution in [0.3, 0.4) is 0 Å². The number of likely N-dealkylation sites (tertiary alicyclic amines) is 1. The van der Waals surface area contributed by atoms with E-state index in [9.17, 15) is 0 Å². The van der Waals surface area contributed by atoms with Crippen LogP contribution < -0.4 is 9.47 Å². The lowest BCUT2D eigenvalue weighted by Gasteiger charge is -2.30. The summed E-state index contributed by atoms with van der Waals surface area (Å²) in [5.74, 6) is 2.03. The lowest BCUT2D eigenvalue weighted by Crippen LogP contribution is -2.35. The van der Waals surface area contributed by atoms with Crippen LogP contribution >= 0.6 is 0 Å². The molecule has 3 rings (SSSR count). The van der Waals surface area contributed by atoms with Crippen molar-refractivity contribution in [3.63, 3.8) is 0 Å². The molecule has 0 aromatic heterocycles. The Morgan fingerprint density at radius 1 is 0.962 bits per heavy atom. The smallest absolute Gasteiger partial charge is 0.122 e. The molecule has 3 heteroatoms. The standard InChI is InChI=1S/C23H31NO2/c1-24-16-14-21(15-17-24)26-23-13-6-5-11-20(23)10-4-3-8-19-9-7-12-22(18-19)25-2/h5-7,9,11-13,18,21H,3-4,8,10,14-17H2,1-2H3. The van der Waals surface area contributed by atoms with E-state index in [-0.39, 0.29) is 0 Å². The van der Waals surface area contributed by atoms with Crippen LogP contribution in [-0.2, 0) is 12.8 Å². The molecule has 0 N–H and O–H groups in total. The van der Waals surface area contributed by atoms with Gasteiger partial charge in [-0.25, -0.2) is 0 Å². The van der Waals surface area contributed by atoms with Gasteiger partial charge >= 0.3 is 0 Å². The number of para-hydroxylation sites is 1. The topological polar surface area (TPSA) is 21.7 Å². The van der Waals surface area contributed by atoms with Crippen molar-refractivity contribution in [3.8, 4) is 11.5 Å². The minimum Gasteiger partial charge on any atom is -0.497 e. The Balaban J connectivity index is 1.48. The molecule has 0 amide bonds. The maximum atomic E-state index is 6.34. The van der Waals surface area contributed by atoms with Crippen LogP contribution in [0.5, 0.6) is 11.5 Å². The highest BCUT2D eigenvalue weighted by atomic mass is 16.5. The molecule has 2 aromatic rings. The average Bonchev–Trinajstić information content (AvgIpc) is 2.68. The Kier molecular flexibility index (Phi) is 6.96. The molecule has 0 radical (unpaired) electrons. The molecule has 1 heterocycles. The first kappa shape index (κ1) is 18.8. The van der Waals surface area contributed by atoms with Gasteiger partial charge in [-0.1, -0.05) is 30.3 Å². The van der Waals surface area contributed by atoms with Gasteiger partial charge in [0, 0.05) is 13.1 Å². The van der Waals surface area contributed by atoms with Crippen LogP contribution in [0.25, 0.3) is 0 Å². The van der Waals surface area contributed by atoms with Crippen molar-refractivity contribution in [2.24, 2.45) is 0 Å². The highest BCUT2D eigenvalue weighted by molar-refractivity contribution is 5.34. The molecule has 140 valence electrons. The molecule has 0 saturated carbocycles. The van der Waals surface area contributed by atoms with Gasteiger partial charge < -0.3 is 14.4 Å². The van der Waals surface area contributed by atoms with Gasteiger partial charge in [-0.3, -0.25) is 0 Å². The van der Waals surface area contributed by atoms with E-state index >= 15 is 0 Å². The van der Waals surface area contributed by atoms with E-state index in [0.29, 0.717) is 6.10 Å². The maximum absolute atomic E-state index is 6.34. The zero-order chi connectivity index (χ0) is 18.2. The van der Waals surface area contributed by atoms with Gasteiger partial charge in [-0.15, -0.1) is 0 Å². The van der Waals surface area contributed by atoms with Crippen LogP contribution in [0.1, 0.15) is 36.8 Å². The van der Waals surface area contributed by atoms with Crippen molar-refractivity contribution < 1.29 is 9.47 Å². The fourth-order valence-electron chi connectivity index (χ4n) is 3.58. The van der Waals surface area contributed by atoms with Crippen molar-refractivity contribution in [1.82, 2.24) is 4.90 Å². The summed E-state index contributed by atoms with van der Waals surface area (Å²) in [5.41, 5.74) is 2.69. The second-order valence-corrected chi connectivity index (χ2v) is 7.29. The van der Waals surface area contributed by atoms with E-state index in [1.165, 1.54) is 24.0 Å². The number of ether oxygens (including phenoxy) is 2. The van der Waals surface area contributed by atoms with Crippen molar-refractivity contribution in [3.05, 3.63) is 59.7 Å². The molecule has 1 aliphatic heterocycles. The van der Waals surface area contributed by atoms with Gasteiger partial charge in [0.25, 0.3) is 0 Å². The third-order valence-electron chi connectivity index (χ3n) is 5.23. The summed E-state index contributed by atoms with van der Waals surface area (Å²) < 4.78 is 11.6. The molecule has 2 aromatic carbocycles. The van der Waals surface area contributed by atoms with Crippen molar-refractivity contribution in [1.29, 1.82) is 0 Å². The Morgan fingerprint density at radius 2 is 1.73 bits per heavy atom. The number of rotatable bonds is 8. The van der Waals surface area contributed by atoms with Crippen molar-refractivity contribution in [2.75, 3.05) is 27.2 Å². The van der Waals surface area contributed by atoms with Gasteiger partial charge in [0.15, 0.2) is 0 Å². The molecule has 1 saturated heterocycles. The van der Waals surface area contributed by atoms with Crippen LogP contribution in [0, 0.1) is 0 Å². The summed E-state index contributed by atoms with van der Waals surface area (Å²) in [7, 11) is 3.91. The average molecular weight is 354 g/mol. The maximum Gasteiger partial charge on any atom is 0.122 e. The number of hydrogen-bond acceptors (Lipinski definition) is 3. The lowest BCUT2D eigenvalue weighted by atomic mass is 10.0. The van der Waals surface area contributed by atoms with E-state index in [2.05, 4.69) is 54.4 Å². The second-order valence-electron chi connectivity index (χ2n) is 7.29. The summed E-state index contributed by atoms with van der Waals surface area (Å²) in [5, 5.41) is 0. The van der Waals surface area contributed by atoms with Gasteiger partial charge in [0.1, 0.15) is 17.6 Å². The summed E-state index contributed by atoms with van der Waals surface area (Å²) in [4.78, 5) is 2.38. The highest BCUT2D eigenvalue weighted by Crippen LogP contribution is 2.25. The summed E-state index contributed by atoms with van der Waals surface area (Å²) in [6.07, 6.45) is 7.13. The number of piperidine rings is 1. The largest absolute Gasteiger partial charge is 0.497 e. The van der Waals surface area contributed by atoms with Gasteiger partial charge in [0.05, 0.1) is 7.11 Å². The molecule has 0 bridgehead atoms. The number of hydrogen-bond donors (Lipinski definition) is 0. The normalized spacial score (nSPS) is 15.8. The molecular weight excluding hydrogens is 322 g/mol. The van der Waals surface area contributed by atoms with Crippen LogP contribution in [0.15, 0.2) is 48.5 Å². The SMILES string of the molecule is COc1cccc(CCCCc2ccccc2OC2CCN(C)CC2)c1. The van der Waals surface area contributed by atoms with E-state index < -0.39 is 0 Å². The molecular formula is C23H31NO2. The predicted molar refractivity (Wildman–Crippen MR) is 107 cm³/mol. The van der Waals surface area contributed by atoms with Crippen LogP contribution in [-0.4, -0.2) is 38.3 Å². The number of unbranched alkanes of at least 4 members (excludes halogenated alkanes) is 1. The molecule has 0 aliphatic carbocycles. The number of methoxy groups -OCH3 is 1. The fraction of sp³-hybridized carbons (Fsp3) is 0.478. The number of benzene rings is 2. The first-order valence-electron chi connectivity index (χ1n) is 9.80. The van der Waals surface area contributed by atoms with E-state index in [4.69, 9.17) is 9.47 Å². The Labute approximate surface area is 157 Å². The summed E-state index contributed by atoms with van der Waals surface area (Å²) >= 11 is 0.